The third-order valence-electron chi connectivity index (χ3n) is 5.11. The minimum absolute atomic E-state index is 0.0562. The van der Waals surface area contributed by atoms with Crippen molar-refractivity contribution in [3.8, 4) is 0 Å². The molecular weight excluding hydrogens is 394 g/mol. The molecule has 9 nitrogen and oxygen atoms in total. The van der Waals surface area contributed by atoms with Gasteiger partial charge >= 0.3 is 0 Å². The van der Waals surface area contributed by atoms with Crippen LogP contribution in [0.1, 0.15) is 10.4 Å². The van der Waals surface area contributed by atoms with Gasteiger partial charge in [-0.05, 0) is 18.2 Å². The summed E-state index contributed by atoms with van der Waals surface area (Å²) < 4.78 is 32.9. The molecule has 2 aliphatic rings. The molecule has 4 rings (SSSR count). The van der Waals surface area contributed by atoms with Crippen molar-refractivity contribution in [2.24, 2.45) is 0 Å². The van der Waals surface area contributed by atoms with Crippen molar-refractivity contribution in [3.05, 3.63) is 48.3 Å². The predicted molar refractivity (Wildman–Crippen MR) is 106 cm³/mol. The van der Waals surface area contributed by atoms with Gasteiger partial charge in [0, 0.05) is 51.7 Å². The molecule has 29 heavy (non-hydrogen) atoms. The molecule has 0 N–H and O–H groups in total. The molecule has 1 aromatic carbocycles. The van der Waals surface area contributed by atoms with Crippen LogP contribution in [-0.4, -0.2) is 86.0 Å². The molecule has 0 radical (unpaired) electrons. The monoisotopic (exact) mass is 417 g/mol. The van der Waals surface area contributed by atoms with Gasteiger partial charge in [0.1, 0.15) is 0 Å². The van der Waals surface area contributed by atoms with E-state index in [0.717, 1.165) is 0 Å². The molecule has 0 saturated carbocycles. The van der Waals surface area contributed by atoms with E-state index in [2.05, 4.69) is 9.97 Å². The summed E-state index contributed by atoms with van der Waals surface area (Å²) in [5.74, 6) is 0.362. The summed E-state index contributed by atoms with van der Waals surface area (Å²) in [5, 5.41) is 0. The molecule has 0 bridgehead atoms. The fourth-order valence-electron chi connectivity index (χ4n) is 3.53. The average Bonchev–Trinajstić information content (AvgIpc) is 2.80. The third-order valence-corrected chi connectivity index (χ3v) is 7.06. The molecular formula is C19H23N5O4S. The van der Waals surface area contributed by atoms with E-state index in [9.17, 15) is 13.2 Å². The van der Waals surface area contributed by atoms with Crippen molar-refractivity contribution < 1.29 is 17.9 Å². The van der Waals surface area contributed by atoms with E-state index >= 15 is 0 Å². The number of amides is 1. The van der Waals surface area contributed by atoms with Gasteiger partial charge in [0.15, 0.2) is 0 Å². The first-order valence-electron chi connectivity index (χ1n) is 9.55. The Bertz CT molecular complexity index is 956. The summed E-state index contributed by atoms with van der Waals surface area (Å²) in [6, 6.07) is 8.19. The van der Waals surface area contributed by atoms with Gasteiger partial charge in [-0.15, -0.1) is 0 Å². The molecule has 2 saturated heterocycles. The minimum atomic E-state index is -3.75. The Morgan fingerprint density at radius 3 is 2.24 bits per heavy atom. The molecule has 2 fully saturated rings. The van der Waals surface area contributed by atoms with Gasteiger partial charge in [-0.25, -0.2) is 18.4 Å². The number of nitrogens with zero attached hydrogens (tertiary/aromatic N) is 5. The van der Waals surface area contributed by atoms with Crippen LogP contribution in [0, 0.1) is 0 Å². The second-order valence-electron chi connectivity index (χ2n) is 6.84. The van der Waals surface area contributed by atoms with Crippen LogP contribution in [-0.2, 0) is 14.8 Å². The van der Waals surface area contributed by atoms with E-state index in [1.807, 2.05) is 4.90 Å². The van der Waals surface area contributed by atoms with Crippen molar-refractivity contribution in [3.63, 3.8) is 0 Å². The van der Waals surface area contributed by atoms with Crippen LogP contribution in [0.15, 0.2) is 47.6 Å². The zero-order valence-corrected chi connectivity index (χ0v) is 16.8. The summed E-state index contributed by atoms with van der Waals surface area (Å²) in [7, 11) is -3.75. The molecule has 0 unspecified atom stereocenters. The molecule has 10 heteroatoms. The van der Waals surface area contributed by atoms with Gasteiger partial charge in [-0.3, -0.25) is 4.79 Å². The van der Waals surface area contributed by atoms with Crippen molar-refractivity contribution in [1.82, 2.24) is 19.2 Å². The lowest BCUT2D eigenvalue weighted by Crippen LogP contribution is -2.49. The van der Waals surface area contributed by atoms with Gasteiger partial charge in [-0.1, -0.05) is 12.1 Å². The van der Waals surface area contributed by atoms with E-state index in [-0.39, 0.29) is 16.4 Å². The highest BCUT2D eigenvalue weighted by molar-refractivity contribution is 7.89. The van der Waals surface area contributed by atoms with Gasteiger partial charge < -0.3 is 14.5 Å². The Labute approximate surface area is 170 Å². The van der Waals surface area contributed by atoms with Gasteiger partial charge in [0.2, 0.25) is 16.0 Å². The fourth-order valence-corrected chi connectivity index (χ4v) is 5.12. The normalized spacial score (nSPS) is 18.6. The van der Waals surface area contributed by atoms with Crippen LogP contribution in [0.3, 0.4) is 0 Å². The second kappa shape index (κ2) is 8.44. The smallest absolute Gasteiger partial charge is 0.255 e. The van der Waals surface area contributed by atoms with E-state index in [0.29, 0.717) is 58.4 Å². The number of ether oxygens (including phenoxy) is 1. The van der Waals surface area contributed by atoms with Crippen LogP contribution < -0.4 is 4.90 Å². The van der Waals surface area contributed by atoms with Crippen LogP contribution in [0.5, 0.6) is 0 Å². The lowest BCUT2D eigenvalue weighted by molar-refractivity contribution is 0.0722. The number of aromatic nitrogens is 2. The summed E-state index contributed by atoms with van der Waals surface area (Å²) in [5.41, 5.74) is 0.211. The Kier molecular flexibility index (Phi) is 5.74. The minimum Gasteiger partial charge on any atom is -0.379 e. The maximum Gasteiger partial charge on any atom is 0.255 e. The summed E-state index contributed by atoms with van der Waals surface area (Å²) in [6.07, 6.45) is 3.37. The first kappa shape index (κ1) is 19.7. The number of carbonyl (C=O) groups excluding carboxylic acids is 1. The predicted octanol–water partition coefficient (Wildman–Crippen LogP) is 0.460. The Morgan fingerprint density at radius 2 is 1.55 bits per heavy atom. The Hall–Kier alpha value is -2.56. The lowest BCUT2D eigenvalue weighted by Gasteiger charge is -2.35. The molecule has 2 aromatic rings. The molecule has 154 valence electrons. The molecule has 2 aliphatic heterocycles. The number of benzene rings is 1. The second-order valence-corrected chi connectivity index (χ2v) is 8.75. The fraction of sp³-hybridized carbons (Fsp3) is 0.421. The summed E-state index contributed by atoms with van der Waals surface area (Å²) in [6.45, 7) is 3.44. The highest BCUT2D eigenvalue weighted by Gasteiger charge is 2.32. The average molecular weight is 417 g/mol. The number of piperazine rings is 1. The summed E-state index contributed by atoms with van der Waals surface area (Å²) >= 11 is 0. The standard InChI is InChI=1S/C19H23N5O4S/c25-18(22-8-10-23(11-9-22)19-20-6-3-7-21-19)16-4-1-2-5-17(16)29(26,27)24-12-14-28-15-13-24/h1-7H,8-15H2. The third kappa shape index (κ3) is 4.09. The van der Waals surface area contributed by atoms with Gasteiger partial charge in [0.25, 0.3) is 5.91 Å². The van der Waals surface area contributed by atoms with Crippen LogP contribution in [0.25, 0.3) is 0 Å². The summed E-state index contributed by atoms with van der Waals surface area (Å²) in [4.78, 5) is 25.4. The number of anilines is 1. The first-order valence-corrected chi connectivity index (χ1v) is 11.0. The number of sulfonamides is 1. The van der Waals surface area contributed by atoms with Gasteiger partial charge in [0.05, 0.1) is 23.7 Å². The van der Waals surface area contributed by atoms with Gasteiger partial charge in [-0.2, -0.15) is 4.31 Å². The molecule has 1 amide bonds. The number of hydrogen-bond acceptors (Lipinski definition) is 7. The van der Waals surface area contributed by atoms with E-state index in [1.54, 1.807) is 41.6 Å². The zero-order chi connectivity index (χ0) is 20.3. The van der Waals surface area contributed by atoms with Crippen molar-refractivity contribution in [2.45, 2.75) is 4.90 Å². The van der Waals surface area contributed by atoms with Crippen LogP contribution >= 0.6 is 0 Å². The van der Waals surface area contributed by atoms with Crippen LogP contribution in [0.2, 0.25) is 0 Å². The number of morpholine rings is 1. The number of rotatable bonds is 4. The number of carbonyl (C=O) groups is 1. The molecule has 3 heterocycles. The molecule has 0 spiro atoms. The SMILES string of the molecule is O=C(c1ccccc1S(=O)(=O)N1CCOCC1)N1CCN(c2ncccn2)CC1. The maximum absolute atomic E-state index is 13.2. The molecule has 0 atom stereocenters. The highest BCUT2D eigenvalue weighted by atomic mass is 32.2. The maximum atomic E-state index is 13.2. The van der Waals surface area contributed by atoms with Crippen LogP contribution in [0.4, 0.5) is 5.95 Å². The Balaban J connectivity index is 1.51. The highest BCUT2D eigenvalue weighted by Crippen LogP contribution is 2.23. The zero-order valence-electron chi connectivity index (χ0n) is 16.0. The van der Waals surface area contributed by atoms with E-state index < -0.39 is 10.0 Å². The largest absolute Gasteiger partial charge is 0.379 e. The molecule has 0 aliphatic carbocycles. The molecule has 1 aromatic heterocycles. The van der Waals surface area contributed by atoms with E-state index in [1.165, 1.54) is 10.4 Å². The van der Waals surface area contributed by atoms with Crippen molar-refractivity contribution >= 4 is 21.9 Å². The number of hydrogen-bond donors (Lipinski definition) is 0. The van der Waals surface area contributed by atoms with Crippen molar-refractivity contribution in [1.29, 1.82) is 0 Å². The first-order chi connectivity index (χ1) is 14.1. The quantitative estimate of drug-likeness (QED) is 0.713. The lowest BCUT2D eigenvalue weighted by atomic mass is 10.2. The topological polar surface area (TPSA) is 95.9 Å². The Morgan fingerprint density at radius 1 is 0.897 bits per heavy atom. The van der Waals surface area contributed by atoms with Crippen molar-refractivity contribution in [2.75, 3.05) is 57.4 Å². The van der Waals surface area contributed by atoms with E-state index in [4.69, 9.17) is 4.74 Å².